The van der Waals surface area contributed by atoms with Gasteiger partial charge >= 0.3 is 5.97 Å². The molecule has 2 N–H and O–H groups in total. The Bertz CT molecular complexity index is 302. The van der Waals surface area contributed by atoms with E-state index in [1.54, 1.807) is 0 Å². The summed E-state index contributed by atoms with van der Waals surface area (Å²) in [6, 6.07) is 0. The number of carbonyl (C=O) groups is 1. The topological polar surface area (TPSA) is 57.5 Å². The summed E-state index contributed by atoms with van der Waals surface area (Å²) in [7, 11) is 0. The van der Waals surface area contributed by atoms with Crippen LogP contribution in [0.2, 0.25) is 0 Å². The van der Waals surface area contributed by atoms with Crippen LogP contribution in [0, 0.1) is 22.7 Å². The molecule has 2 atom stereocenters. The Morgan fingerprint density at radius 2 is 1.73 bits per heavy atom. The zero-order valence-electron chi connectivity index (χ0n) is 8.91. The first-order chi connectivity index (χ1) is 7.12. The van der Waals surface area contributed by atoms with Gasteiger partial charge in [-0.3, -0.25) is 4.79 Å². The van der Waals surface area contributed by atoms with Crippen molar-refractivity contribution in [3.05, 3.63) is 0 Å². The fourth-order valence-corrected chi connectivity index (χ4v) is 2.87. The molecule has 4 saturated carbocycles. The second kappa shape index (κ2) is 2.76. The summed E-state index contributed by atoms with van der Waals surface area (Å²) in [4.78, 5) is 10.2. The Hall–Kier alpha value is -0.570. The lowest BCUT2D eigenvalue weighted by atomic mass is 10.3. The van der Waals surface area contributed by atoms with Crippen molar-refractivity contribution in [3.8, 4) is 0 Å². The number of aliphatic carboxylic acids is 1. The molecule has 2 spiro atoms. The van der Waals surface area contributed by atoms with Crippen molar-refractivity contribution in [2.45, 2.75) is 38.5 Å². The van der Waals surface area contributed by atoms with E-state index in [9.17, 15) is 4.79 Å². The van der Waals surface area contributed by atoms with Crippen LogP contribution in [0.5, 0.6) is 0 Å². The maximum Gasteiger partial charge on any atom is 0.307 e. The lowest BCUT2D eigenvalue weighted by Crippen LogP contribution is -1.98. The van der Waals surface area contributed by atoms with E-state index in [1.165, 1.54) is 32.1 Å². The molecule has 0 aromatic heterocycles. The van der Waals surface area contributed by atoms with E-state index in [-0.39, 0.29) is 5.92 Å². The average Bonchev–Trinajstić information content (AvgIpc) is 3.11. The number of carboxylic acid groups (broad SMARTS) is 1. The standard InChI is InChI=1S/C6H8O2.C6H10O/c7-5(8)4-3-6(4)1-2-6;7-4-5-3-6(5)1-2-6/h4H,1-3H2,(H,7,8);5,7H,1-4H2. The molecule has 4 rings (SSSR count). The van der Waals surface area contributed by atoms with Crippen molar-refractivity contribution in [2.24, 2.45) is 22.7 Å². The number of aliphatic hydroxyl groups excluding tert-OH is 1. The summed E-state index contributed by atoms with van der Waals surface area (Å²) in [6.45, 7) is 0.444. The third-order valence-electron chi connectivity index (χ3n) is 4.85. The maximum absolute atomic E-state index is 10.2. The Morgan fingerprint density at radius 1 is 1.13 bits per heavy atom. The quantitative estimate of drug-likeness (QED) is 0.728. The molecular formula is C12H18O3. The van der Waals surface area contributed by atoms with Gasteiger partial charge in [-0.25, -0.2) is 0 Å². The highest BCUT2D eigenvalue weighted by Gasteiger charge is 2.66. The lowest BCUT2D eigenvalue weighted by Gasteiger charge is -1.82. The van der Waals surface area contributed by atoms with Gasteiger partial charge in [0.05, 0.1) is 5.92 Å². The molecule has 15 heavy (non-hydrogen) atoms. The van der Waals surface area contributed by atoms with E-state index < -0.39 is 5.97 Å². The van der Waals surface area contributed by atoms with Crippen LogP contribution in [0.15, 0.2) is 0 Å². The molecule has 0 amide bonds. The maximum atomic E-state index is 10.2. The predicted octanol–water partition coefficient (Wildman–Crippen LogP) is 1.65. The van der Waals surface area contributed by atoms with Gasteiger partial charge in [-0.1, -0.05) is 0 Å². The molecule has 0 aromatic rings. The number of aliphatic hydroxyl groups is 1. The van der Waals surface area contributed by atoms with Gasteiger partial charge < -0.3 is 10.2 Å². The van der Waals surface area contributed by atoms with Crippen molar-refractivity contribution >= 4 is 5.97 Å². The van der Waals surface area contributed by atoms with Crippen LogP contribution < -0.4 is 0 Å². The summed E-state index contributed by atoms with van der Waals surface area (Å²) >= 11 is 0. The highest BCUT2D eigenvalue weighted by molar-refractivity contribution is 5.75. The van der Waals surface area contributed by atoms with Crippen molar-refractivity contribution < 1.29 is 15.0 Å². The van der Waals surface area contributed by atoms with Crippen LogP contribution in [-0.4, -0.2) is 22.8 Å². The highest BCUT2D eigenvalue weighted by Crippen LogP contribution is 2.70. The minimum Gasteiger partial charge on any atom is -0.481 e. The average molecular weight is 210 g/mol. The molecule has 0 heterocycles. The van der Waals surface area contributed by atoms with Gasteiger partial charge in [0.15, 0.2) is 0 Å². The van der Waals surface area contributed by atoms with Crippen molar-refractivity contribution in [1.29, 1.82) is 0 Å². The van der Waals surface area contributed by atoms with E-state index in [2.05, 4.69) is 0 Å². The Balaban J connectivity index is 0.0000000971. The van der Waals surface area contributed by atoms with Gasteiger partial charge in [-0.2, -0.15) is 0 Å². The first kappa shape index (κ1) is 9.64. The van der Waals surface area contributed by atoms with E-state index in [0.29, 0.717) is 17.9 Å². The first-order valence-electron chi connectivity index (χ1n) is 5.96. The summed E-state index contributed by atoms with van der Waals surface area (Å²) in [6.07, 6.45) is 7.43. The normalized spacial score (nSPS) is 39.3. The summed E-state index contributed by atoms with van der Waals surface area (Å²) in [5.41, 5.74) is 1.06. The smallest absolute Gasteiger partial charge is 0.307 e. The van der Waals surface area contributed by atoms with Gasteiger partial charge in [0.1, 0.15) is 0 Å². The molecule has 3 nitrogen and oxygen atoms in total. The first-order valence-corrected chi connectivity index (χ1v) is 5.96. The van der Waals surface area contributed by atoms with Crippen LogP contribution in [0.4, 0.5) is 0 Å². The Morgan fingerprint density at radius 3 is 1.87 bits per heavy atom. The molecule has 4 aliphatic rings. The van der Waals surface area contributed by atoms with Crippen LogP contribution in [0.25, 0.3) is 0 Å². The number of carboxylic acids is 1. The fraction of sp³-hybridized carbons (Fsp3) is 0.917. The number of hydrogen-bond acceptors (Lipinski definition) is 2. The highest BCUT2D eigenvalue weighted by atomic mass is 16.4. The van der Waals surface area contributed by atoms with E-state index in [4.69, 9.17) is 10.2 Å². The lowest BCUT2D eigenvalue weighted by molar-refractivity contribution is -0.138. The molecule has 4 fully saturated rings. The van der Waals surface area contributed by atoms with Crippen LogP contribution in [-0.2, 0) is 4.79 Å². The number of rotatable bonds is 2. The van der Waals surface area contributed by atoms with Crippen molar-refractivity contribution in [2.75, 3.05) is 6.61 Å². The van der Waals surface area contributed by atoms with Gasteiger partial charge in [0.25, 0.3) is 0 Å². The second-order valence-corrected chi connectivity index (χ2v) is 5.90. The molecule has 0 radical (unpaired) electrons. The van der Waals surface area contributed by atoms with Crippen molar-refractivity contribution in [1.82, 2.24) is 0 Å². The fourth-order valence-electron chi connectivity index (χ4n) is 2.87. The predicted molar refractivity (Wildman–Crippen MR) is 54.3 cm³/mol. The molecular weight excluding hydrogens is 192 g/mol. The van der Waals surface area contributed by atoms with E-state index >= 15 is 0 Å². The second-order valence-electron chi connectivity index (χ2n) is 5.90. The molecule has 84 valence electrons. The molecule has 0 bridgehead atoms. The van der Waals surface area contributed by atoms with Gasteiger partial charge in [0.2, 0.25) is 0 Å². The van der Waals surface area contributed by atoms with E-state index in [0.717, 1.165) is 11.8 Å². The molecule has 3 heteroatoms. The van der Waals surface area contributed by atoms with Crippen LogP contribution in [0.1, 0.15) is 38.5 Å². The third-order valence-corrected chi connectivity index (χ3v) is 4.85. The largest absolute Gasteiger partial charge is 0.481 e. The summed E-state index contributed by atoms with van der Waals surface area (Å²) in [5, 5.41) is 17.0. The minimum absolute atomic E-state index is 0.0440. The number of hydrogen-bond donors (Lipinski definition) is 2. The monoisotopic (exact) mass is 210 g/mol. The molecule has 0 aliphatic heterocycles. The molecule has 0 aromatic carbocycles. The zero-order chi connectivity index (χ0) is 10.7. The Labute approximate surface area is 89.5 Å². The third kappa shape index (κ3) is 1.57. The molecule has 2 unspecified atom stereocenters. The Kier molecular flexibility index (Phi) is 1.77. The van der Waals surface area contributed by atoms with E-state index in [1.807, 2.05) is 0 Å². The van der Waals surface area contributed by atoms with Crippen molar-refractivity contribution in [3.63, 3.8) is 0 Å². The molecule has 4 aliphatic carbocycles. The van der Waals surface area contributed by atoms with Crippen LogP contribution in [0.3, 0.4) is 0 Å². The SMILES string of the molecule is O=C(O)C1CC12CC2.OCC1CC12CC2. The van der Waals surface area contributed by atoms with Gasteiger partial charge in [-0.15, -0.1) is 0 Å². The van der Waals surface area contributed by atoms with Gasteiger partial charge in [-0.05, 0) is 55.3 Å². The summed E-state index contributed by atoms with van der Waals surface area (Å²) < 4.78 is 0. The van der Waals surface area contributed by atoms with Gasteiger partial charge in [0, 0.05) is 6.61 Å². The summed E-state index contributed by atoms with van der Waals surface area (Å²) in [5.74, 6) is 0.178. The van der Waals surface area contributed by atoms with Crippen LogP contribution >= 0.6 is 0 Å². The zero-order valence-corrected chi connectivity index (χ0v) is 8.91. The molecule has 0 saturated heterocycles. The minimum atomic E-state index is -0.581.